The molecule has 0 spiro atoms. The molecule has 8 nitrogen and oxygen atoms in total. The Morgan fingerprint density at radius 3 is 2.60 bits per heavy atom. The Morgan fingerprint density at radius 2 is 1.97 bits per heavy atom. The normalized spacial score (nSPS) is 12.1. The second kappa shape index (κ2) is 11.0. The van der Waals surface area contributed by atoms with E-state index in [-0.39, 0.29) is 18.0 Å². The van der Waals surface area contributed by atoms with Crippen LogP contribution in [-0.4, -0.2) is 38.4 Å². The first kappa shape index (κ1) is 23.7. The number of sulfonamides is 1. The van der Waals surface area contributed by atoms with E-state index in [9.17, 15) is 12.8 Å². The molecule has 0 saturated heterocycles. The maximum atomic E-state index is 13.6. The van der Waals surface area contributed by atoms with Crippen molar-refractivity contribution >= 4 is 21.7 Å². The van der Waals surface area contributed by atoms with Gasteiger partial charge < -0.3 is 15.2 Å². The molecular formula is C20H30FN5O3S. The molecule has 2 aromatic rings. The molecule has 0 aliphatic carbocycles. The smallest absolute Gasteiger partial charge is 0.234 e. The summed E-state index contributed by atoms with van der Waals surface area (Å²) in [6.45, 7) is 8.70. The molecule has 166 valence electrons. The van der Waals surface area contributed by atoms with E-state index in [0.29, 0.717) is 24.6 Å². The molecule has 1 aromatic carbocycles. The predicted molar refractivity (Wildman–Crippen MR) is 117 cm³/mol. The van der Waals surface area contributed by atoms with E-state index < -0.39 is 15.8 Å². The van der Waals surface area contributed by atoms with Gasteiger partial charge in [0.05, 0.1) is 23.7 Å². The van der Waals surface area contributed by atoms with Gasteiger partial charge in [-0.1, -0.05) is 25.1 Å². The van der Waals surface area contributed by atoms with Crippen LogP contribution in [0.5, 0.6) is 0 Å². The van der Waals surface area contributed by atoms with E-state index in [4.69, 9.17) is 4.52 Å². The lowest BCUT2D eigenvalue weighted by Crippen LogP contribution is -2.40. The third-order valence-corrected chi connectivity index (χ3v) is 5.74. The van der Waals surface area contributed by atoms with Gasteiger partial charge >= 0.3 is 0 Å². The topological polar surface area (TPSA) is 109 Å². The summed E-state index contributed by atoms with van der Waals surface area (Å²) in [6, 6.07) is 4.23. The highest BCUT2D eigenvalue weighted by atomic mass is 32.2. The molecule has 3 N–H and O–H groups in total. The van der Waals surface area contributed by atoms with Crippen LogP contribution in [0.25, 0.3) is 0 Å². The molecule has 0 atom stereocenters. The molecule has 0 radical (unpaired) electrons. The van der Waals surface area contributed by atoms with E-state index in [1.807, 2.05) is 20.8 Å². The standard InChI is InChI=1S/C20H30FN5O3S/c1-5-18-16(19(6-2)29-25-18)13-24-20(22-7-3)23-10-11-30(27,28)26-15-9-8-14(4)17(21)12-15/h8-9,12,26H,5-7,10-11,13H2,1-4H3,(H2,22,23,24). The third-order valence-electron chi connectivity index (χ3n) is 4.45. The van der Waals surface area contributed by atoms with E-state index in [1.165, 1.54) is 18.2 Å². The van der Waals surface area contributed by atoms with Crippen molar-refractivity contribution in [1.29, 1.82) is 0 Å². The number of anilines is 1. The molecule has 0 bridgehead atoms. The molecular weight excluding hydrogens is 409 g/mol. The van der Waals surface area contributed by atoms with Crippen LogP contribution in [0.4, 0.5) is 10.1 Å². The number of halogens is 1. The van der Waals surface area contributed by atoms with Crippen LogP contribution in [-0.2, 0) is 29.4 Å². The van der Waals surface area contributed by atoms with Crippen LogP contribution in [0.1, 0.15) is 43.4 Å². The molecule has 0 aliphatic rings. The predicted octanol–water partition coefficient (Wildman–Crippen LogP) is 2.74. The van der Waals surface area contributed by atoms with E-state index in [2.05, 4.69) is 25.5 Å². The molecule has 2 rings (SSSR count). The molecule has 0 amide bonds. The Kier molecular flexibility index (Phi) is 8.64. The van der Waals surface area contributed by atoms with Gasteiger partial charge in [-0.15, -0.1) is 0 Å². The van der Waals surface area contributed by atoms with Gasteiger partial charge in [-0.25, -0.2) is 17.8 Å². The van der Waals surface area contributed by atoms with Crippen LogP contribution in [0.3, 0.4) is 0 Å². The van der Waals surface area contributed by atoms with Crippen LogP contribution >= 0.6 is 0 Å². The lowest BCUT2D eigenvalue weighted by molar-refractivity contribution is 0.380. The molecule has 30 heavy (non-hydrogen) atoms. The number of hydrogen-bond acceptors (Lipinski definition) is 5. The van der Waals surface area contributed by atoms with Crippen molar-refractivity contribution in [3.05, 3.63) is 46.6 Å². The summed E-state index contributed by atoms with van der Waals surface area (Å²) in [4.78, 5) is 4.53. The van der Waals surface area contributed by atoms with Crippen molar-refractivity contribution < 1.29 is 17.3 Å². The number of nitrogens with one attached hydrogen (secondary N) is 3. The van der Waals surface area contributed by atoms with Gasteiger partial charge in [0, 0.05) is 25.1 Å². The lowest BCUT2D eigenvalue weighted by atomic mass is 10.1. The van der Waals surface area contributed by atoms with Crippen molar-refractivity contribution in [2.45, 2.75) is 47.1 Å². The highest BCUT2D eigenvalue weighted by Gasteiger charge is 2.14. The van der Waals surface area contributed by atoms with E-state index in [0.717, 1.165) is 29.9 Å². The molecule has 0 aliphatic heterocycles. The van der Waals surface area contributed by atoms with Gasteiger partial charge in [0.25, 0.3) is 0 Å². The first-order valence-corrected chi connectivity index (χ1v) is 11.7. The second-order valence-corrected chi connectivity index (χ2v) is 8.59. The summed E-state index contributed by atoms with van der Waals surface area (Å²) in [7, 11) is -3.64. The van der Waals surface area contributed by atoms with Crippen molar-refractivity contribution in [3.8, 4) is 0 Å². The largest absolute Gasteiger partial charge is 0.361 e. The summed E-state index contributed by atoms with van der Waals surface area (Å²) >= 11 is 0. The molecule has 1 aromatic heterocycles. The average Bonchev–Trinajstić information content (AvgIpc) is 3.10. The third kappa shape index (κ3) is 6.72. The Hall–Kier alpha value is -2.62. The minimum Gasteiger partial charge on any atom is -0.361 e. The van der Waals surface area contributed by atoms with Crippen molar-refractivity contribution in [3.63, 3.8) is 0 Å². The van der Waals surface area contributed by atoms with E-state index in [1.54, 1.807) is 6.92 Å². The highest BCUT2D eigenvalue weighted by Crippen LogP contribution is 2.17. The van der Waals surface area contributed by atoms with Crippen LogP contribution in [0.15, 0.2) is 27.7 Å². The fourth-order valence-electron chi connectivity index (χ4n) is 2.81. The van der Waals surface area contributed by atoms with Crippen LogP contribution < -0.4 is 15.4 Å². The summed E-state index contributed by atoms with van der Waals surface area (Å²) in [5.41, 5.74) is 2.50. The fraction of sp³-hybridized carbons (Fsp3) is 0.500. The Labute approximate surface area is 177 Å². The van der Waals surface area contributed by atoms with Gasteiger partial charge in [-0.3, -0.25) is 4.72 Å². The quantitative estimate of drug-likeness (QED) is 0.388. The van der Waals surface area contributed by atoms with Gasteiger partial charge in [0.1, 0.15) is 11.6 Å². The summed E-state index contributed by atoms with van der Waals surface area (Å²) in [5, 5.41) is 10.2. The van der Waals surface area contributed by atoms with Crippen LogP contribution in [0, 0.1) is 12.7 Å². The van der Waals surface area contributed by atoms with Gasteiger partial charge in [0.2, 0.25) is 10.0 Å². The second-order valence-electron chi connectivity index (χ2n) is 6.74. The van der Waals surface area contributed by atoms with Crippen LogP contribution in [0.2, 0.25) is 0 Å². The molecule has 0 saturated carbocycles. The first-order valence-electron chi connectivity index (χ1n) is 10.0. The van der Waals surface area contributed by atoms with Gasteiger partial charge in [-0.05, 0) is 38.0 Å². The summed E-state index contributed by atoms with van der Waals surface area (Å²) < 4.78 is 45.9. The fourth-order valence-corrected chi connectivity index (χ4v) is 3.77. The Morgan fingerprint density at radius 1 is 1.20 bits per heavy atom. The maximum absolute atomic E-state index is 13.6. The molecule has 1 heterocycles. The molecule has 0 fully saturated rings. The SMILES string of the molecule is CCNC(=NCc1c(CC)noc1CC)NCCS(=O)(=O)Nc1ccc(C)c(F)c1. The zero-order valence-electron chi connectivity index (χ0n) is 17.9. The molecule has 0 unspecified atom stereocenters. The first-order chi connectivity index (χ1) is 14.3. The number of aryl methyl sites for hydroxylation is 3. The zero-order valence-corrected chi connectivity index (χ0v) is 18.7. The number of nitrogens with zero attached hydrogens (tertiary/aromatic N) is 2. The number of hydrogen-bond donors (Lipinski definition) is 3. The van der Waals surface area contributed by atoms with Crippen molar-refractivity contribution in [2.24, 2.45) is 4.99 Å². The Bertz CT molecular complexity index is 951. The zero-order chi connectivity index (χ0) is 22.1. The highest BCUT2D eigenvalue weighted by molar-refractivity contribution is 7.92. The number of guanidine groups is 1. The van der Waals surface area contributed by atoms with Crippen molar-refractivity contribution in [1.82, 2.24) is 15.8 Å². The number of aromatic nitrogens is 1. The summed E-state index contributed by atoms with van der Waals surface area (Å²) in [5.74, 6) is 0.658. The van der Waals surface area contributed by atoms with Gasteiger partial charge in [-0.2, -0.15) is 0 Å². The average molecular weight is 440 g/mol. The minimum atomic E-state index is -3.64. The minimum absolute atomic E-state index is 0.139. The lowest BCUT2D eigenvalue weighted by Gasteiger charge is -2.13. The van der Waals surface area contributed by atoms with Gasteiger partial charge in [0.15, 0.2) is 5.96 Å². The number of aliphatic imine (C=N–C) groups is 1. The number of benzene rings is 1. The maximum Gasteiger partial charge on any atom is 0.234 e. The van der Waals surface area contributed by atoms with Crippen molar-refractivity contribution in [2.75, 3.05) is 23.6 Å². The number of rotatable bonds is 10. The van der Waals surface area contributed by atoms with E-state index >= 15 is 0 Å². The Balaban J connectivity index is 1.97. The molecule has 10 heteroatoms. The monoisotopic (exact) mass is 439 g/mol. The summed E-state index contributed by atoms with van der Waals surface area (Å²) in [6.07, 6.45) is 1.48.